The van der Waals surface area contributed by atoms with Gasteiger partial charge in [-0.05, 0) is 67.1 Å². The molecule has 1 saturated heterocycles. The molecule has 0 radical (unpaired) electrons. The van der Waals surface area contributed by atoms with Crippen LogP contribution in [-0.4, -0.2) is 15.6 Å². The number of halogens is 2. The second-order valence-corrected chi connectivity index (χ2v) is 9.90. The smallest absolute Gasteiger partial charge is 0.264 e. The summed E-state index contributed by atoms with van der Waals surface area (Å²) in [4.78, 5) is 18.0. The van der Waals surface area contributed by atoms with E-state index in [1.807, 2.05) is 67.6 Å². The van der Waals surface area contributed by atoms with Gasteiger partial charge in [0, 0.05) is 38.8 Å². The topological polar surface area (TPSA) is 46.4 Å². The van der Waals surface area contributed by atoms with Gasteiger partial charge in [-0.25, -0.2) is 4.99 Å². The number of amides is 1. The molecule has 1 aliphatic heterocycles. The second-order valence-electron chi connectivity index (χ2n) is 8.06. The van der Waals surface area contributed by atoms with Crippen molar-refractivity contribution in [2.45, 2.75) is 20.4 Å². The summed E-state index contributed by atoms with van der Waals surface area (Å²) in [5.41, 5.74) is 5.84. The maximum Gasteiger partial charge on any atom is 0.264 e. The molecule has 0 spiro atoms. The van der Waals surface area contributed by atoms with Crippen LogP contribution in [0.2, 0.25) is 10.0 Å². The van der Waals surface area contributed by atoms with Crippen LogP contribution in [-0.2, 0) is 11.3 Å². The highest BCUT2D eigenvalue weighted by atomic mass is 35.5. The molecule has 0 bridgehead atoms. The normalized spacial score (nSPS) is 16.1. The van der Waals surface area contributed by atoms with E-state index in [1.54, 1.807) is 0 Å². The largest absolute Gasteiger partial charge is 0.340 e. The van der Waals surface area contributed by atoms with E-state index in [1.165, 1.54) is 11.8 Å². The predicted octanol–water partition coefficient (Wildman–Crippen LogP) is 7.50. The third-order valence-electron chi connectivity index (χ3n) is 5.95. The summed E-state index contributed by atoms with van der Waals surface area (Å²) in [6.45, 7) is 4.64. The number of carbonyl (C=O) groups is 1. The molecule has 4 aromatic rings. The number of nitrogens with one attached hydrogen (secondary N) is 1. The SMILES string of the molecule is Cc1c(Cl)cccc1N=C1NC(=O)/C(=C\c2c(C)n(Cc3ccccc3Cl)c3ccccc23)S1. The highest BCUT2D eigenvalue weighted by molar-refractivity contribution is 8.18. The van der Waals surface area contributed by atoms with Gasteiger partial charge in [-0.1, -0.05) is 65.7 Å². The van der Waals surface area contributed by atoms with Gasteiger partial charge in [-0.15, -0.1) is 0 Å². The number of aromatic nitrogens is 1. The number of rotatable bonds is 4. The molecule has 34 heavy (non-hydrogen) atoms. The van der Waals surface area contributed by atoms with Crippen molar-refractivity contribution in [1.82, 2.24) is 9.88 Å². The summed E-state index contributed by atoms with van der Waals surface area (Å²) in [6, 6.07) is 21.6. The third-order valence-corrected chi connectivity index (χ3v) is 7.64. The summed E-state index contributed by atoms with van der Waals surface area (Å²) in [7, 11) is 0. The van der Waals surface area contributed by atoms with Crippen molar-refractivity contribution in [1.29, 1.82) is 0 Å². The highest BCUT2D eigenvalue weighted by Gasteiger charge is 2.25. The Labute approximate surface area is 212 Å². The number of amidine groups is 1. The number of carbonyl (C=O) groups excluding carboxylic acids is 1. The Bertz CT molecular complexity index is 1500. The van der Waals surface area contributed by atoms with Gasteiger partial charge in [0.1, 0.15) is 0 Å². The molecule has 5 rings (SSSR count). The lowest BCUT2D eigenvalue weighted by atomic mass is 10.1. The number of thioether (sulfide) groups is 1. The van der Waals surface area contributed by atoms with E-state index in [9.17, 15) is 4.79 Å². The fraction of sp³-hybridized carbons (Fsp3) is 0.111. The molecule has 1 aromatic heterocycles. The van der Waals surface area contributed by atoms with Crippen LogP contribution in [0.1, 0.15) is 22.4 Å². The summed E-state index contributed by atoms with van der Waals surface area (Å²) >= 11 is 14.0. The molecule has 0 unspecified atom stereocenters. The molecule has 1 fully saturated rings. The maximum atomic E-state index is 12.8. The maximum absolute atomic E-state index is 12.8. The second kappa shape index (κ2) is 9.34. The van der Waals surface area contributed by atoms with Crippen LogP contribution in [0, 0.1) is 13.8 Å². The van der Waals surface area contributed by atoms with Crippen LogP contribution in [0.5, 0.6) is 0 Å². The Morgan fingerprint density at radius 1 is 0.971 bits per heavy atom. The van der Waals surface area contributed by atoms with Gasteiger partial charge in [0.2, 0.25) is 0 Å². The number of nitrogens with zero attached hydrogens (tertiary/aromatic N) is 2. The zero-order valence-electron chi connectivity index (χ0n) is 18.6. The first-order chi connectivity index (χ1) is 16.4. The summed E-state index contributed by atoms with van der Waals surface area (Å²) in [5, 5.41) is 5.89. The van der Waals surface area contributed by atoms with Crippen molar-refractivity contribution in [3.05, 3.63) is 104 Å². The highest BCUT2D eigenvalue weighted by Crippen LogP contribution is 2.35. The van der Waals surface area contributed by atoms with E-state index >= 15 is 0 Å². The zero-order chi connectivity index (χ0) is 23.8. The summed E-state index contributed by atoms with van der Waals surface area (Å²) in [5.74, 6) is -0.161. The molecule has 0 atom stereocenters. The molecule has 0 aliphatic carbocycles. The fourth-order valence-electron chi connectivity index (χ4n) is 4.08. The van der Waals surface area contributed by atoms with Crippen molar-refractivity contribution in [3.8, 4) is 0 Å². The van der Waals surface area contributed by atoms with Crippen LogP contribution in [0.25, 0.3) is 17.0 Å². The van der Waals surface area contributed by atoms with Crippen LogP contribution < -0.4 is 5.32 Å². The van der Waals surface area contributed by atoms with E-state index in [0.29, 0.717) is 21.6 Å². The van der Waals surface area contributed by atoms with Crippen LogP contribution in [0.3, 0.4) is 0 Å². The fourth-order valence-corrected chi connectivity index (χ4v) is 5.26. The minimum Gasteiger partial charge on any atom is -0.340 e. The minimum absolute atomic E-state index is 0.161. The molecule has 7 heteroatoms. The first-order valence-electron chi connectivity index (χ1n) is 10.8. The van der Waals surface area contributed by atoms with Crippen molar-refractivity contribution in [2.24, 2.45) is 4.99 Å². The van der Waals surface area contributed by atoms with Gasteiger partial charge in [0.05, 0.1) is 10.6 Å². The van der Waals surface area contributed by atoms with Crippen molar-refractivity contribution in [3.63, 3.8) is 0 Å². The molecule has 3 aromatic carbocycles. The van der Waals surface area contributed by atoms with Gasteiger partial charge in [-0.2, -0.15) is 0 Å². The van der Waals surface area contributed by atoms with E-state index in [2.05, 4.69) is 33.9 Å². The number of aliphatic imine (C=N–C) groups is 1. The van der Waals surface area contributed by atoms with Crippen LogP contribution in [0.4, 0.5) is 5.69 Å². The van der Waals surface area contributed by atoms with Gasteiger partial charge in [0.25, 0.3) is 5.91 Å². The average molecular weight is 506 g/mol. The summed E-state index contributed by atoms with van der Waals surface area (Å²) < 4.78 is 2.24. The molecular weight excluding hydrogens is 485 g/mol. The van der Waals surface area contributed by atoms with Crippen molar-refractivity contribution < 1.29 is 4.79 Å². The molecular formula is C27H21Cl2N3OS. The first kappa shape index (κ1) is 22.8. The molecule has 1 N–H and O–H groups in total. The van der Waals surface area contributed by atoms with Gasteiger partial charge in [0.15, 0.2) is 5.17 Å². The molecule has 1 amide bonds. The molecule has 0 saturated carbocycles. The quantitative estimate of drug-likeness (QED) is 0.291. The Morgan fingerprint density at radius 2 is 1.71 bits per heavy atom. The van der Waals surface area contributed by atoms with Crippen molar-refractivity contribution in [2.75, 3.05) is 0 Å². The Kier molecular flexibility index (Phi) is 6.26. The number of para-hydroxylation sites is 1. The van der Waals surface area contributed by atoms with E-state index in [0.717, 1.165) is 44.0 Å². The number of hydrogen-bond acceptors (Lipinski definition) is 3. The van der Waals surface area contributed by atoms with Crippen LogP contribution in [0.15, 0.2) is 76.6 Å². The minimum atomic E-state index is -0.161. The zero-order valence-corrected chi connectivity index (χ0v) is 20.9. The number of benzene rings is 3. The third kappa shape index (κ3) is 4.27. The van der Waals surface area contributed by atoms with E-state index < -0.39 is 0 Å². The van der Waals surface area contributed by atoms with Crippen molar-refractivity contribution >= 4 is 68.7 Å². The standard InChI is InChI=1S/C27H21Cl2N3OS/c1-16-21(28)11-7-12-23(16)30-27-31-26(33)25(34-27)14-20-17(2)32(24-13-6-4-9-19(20)24)15-18-8-3-5-10-22(18)29/h3-14H,15H2,1-2H3,(H,30,31,33)/b25-14+. The Balaban J connectivity index is 1.54. The van der Waals surface area contributed by atoms with E-state index in [-0.39, 0.29) is 5.91 Å². The van der Waals surface area contributed by atoms with Gasteiger partial charge in [-0.3, -0.25) is 4.79 Å². The lowest BCUT2D eigenvalue weighted by Gasteiger charge is -2.10. The Hall–Kier alpha value is -2.99. The lowest BCUT2D eigenvalue weighted by molar-refractivity contribution is -0.115. The number of fused-ring (bicyclic) bond motifs is 1. The van der Waals surface area contributed by atoms with Crippen LogP contribution >= 0.6 is 35.0 Å². The molecule has 4 nitrogen and oxygen atoms in total. The van der Waals surface area contributed by atoms with E-state index in [4.69, 9.17) is 23.2 Å². The monoisotopic (exact) mass is 505 g/mol. The average Bonchev–Trinajstić information content (AvgIpc) is 3.30. The summed E-state index contributed by atoms with van der Waals surface area (Å²) in [6.07, 6.45) is 1.95. The van der Waals surface area contributed by atoms with Gasteiger partial charge < -0.3 is 9.88 Å². The lowest BCUT2D eigenvalue weighted by Crippen LogP contribution is -2.19. The molecule has 170 valence electrons. The predicted molar refractivity (Wildman–Crippen MR) is 144 cm³/mol. The number of hydrogen-bond donors (Lipinski definition) is 1. The first-order valence-corrected chi connectivity index (χ1v) is 12.4. The molecule has 1 aliphatic rings. The molecule has 2 heterocycles. The Morgan fingerprint density at radius 3 is 2.53 bits per heavy atom. The van der Waals surface area contributed by atoms with Gasteiger partial charge >= 0.3 is 0 Å².